The number of para-hydroxylation sites is 1. The third kappa shape index (κ3) is 4.02. The first-order valence-electron chi connectivity index (χ1n) is 10.3. The lowest BCUT2D eigenvalue weighted by Gasteiger charge is -2.18. The van der Waals surface area contributed by atoms with Crippen LogP contribution in [0.1, 0.15) is 68.4 Å². The highest BCUT2D eigenvalue weighted by atomic mass is 16.5. The first-order valence-corrected chi connectivity index (χ1v) is 10.3. The third-order valence-electron chi connectivity index (χ3n) is 5.82. The summed E-state index contributed by atoms with van der Waals surface area (Å²) in [7, 11) is 0. The van der Waals surface area contributed by atoms with Crippen molar-refractivity contribution >= 4 is 5.91 Å². The Labute approximate surface area is 161 Å². The average Bonchev–Trinajstić information content (AvgIpc) is 3.35. The Morgan fingerprint density at radius 2 is 1.93 bits per heavy atom. The number of aromatic nitrogens is 2. The van der Waals surface area contributed by atoms with Crippen molar-refractivity contribution in [3.8, 4) is 5.75 Å². The Bertz CT molecular complexity index is 778. The molecule has 0 bridgehead atoms. The highest BCUT2D eigenvalue weighted by Gasteiger charge is 2.27. The molecule has 144 valence electrons. The second kappa shape index (κ2) is 8.15. The third-order valence-corrected chi connectivity index (χ3v) is 5.82. The van der Waals surface area contributed by atoms with Gasteiger partial charge >= 0.3 is 0 Å². The first-order chi connectivity index (χ1) is 13.2. The van der Waals surface area contributed by atoms with Gasteiger partial charge in [0.25, 0.3) is 5.91 Å². The molecular weight excluding hydrogens is 338 g/mol. The van der Waals surface area contributed by atoms with E-state index in [-0.39, 0.29) is 5.91 Å². The van der Waals surface area contributed by atoms with Crippen molar-refractivity contribution < 1.29 is 9.53 Å². The maximum Gasteiger partial charge on any atom is 0.261 e. The molecule has 5 heteroatoms. The van der Waals surface area contributed by atoms with Gasteiger partial charge in [0.05, 0.1) is 18.3 Å². The van der Waals surface area contributed by atoms with E-state index in [1.54, 1.807) is 6.92 Å². The molecule has 1 amide bonds. The fraction of sp³-hybridized carbons (Fsp3) is 0.545. The number of ether oxygens (including phenoxy) is 1. The van der Waals surface area contributed by atoms with Gasteiger partial charge in [-0.2, -0.15) is 5.10 Å². The van der Waals surface area contributed by atoms with Crippen LogP contribution in [-0.2, 0) is 24.2 Å². The van der Waals surface area contributed by atoms with Crippen molar-refractivity contribution in [1.82, 2.24) is 15.1 Å². The van der Waals surface area contributed by atoms with Crippen LogP contribution in [0.2, 0.25) is 0 Å². The van der Waals surface area contributed by atoms with Crippen LogP contribution in [0, 0.1) is 0 Å². The van der Waals surface area contributed by atoms with Crippen molar-refractivity contribution in [3.05, 3.63) is 47.3 Å². The molecule has 2 aliphatic carbocycles. The minimum absolute atomic E-state index is 0.0983. The molecule has 1 saturated carbocycles. The number of hydrogen-bond donors (Lipinski definition) is 1. The van der Waals surface area contributed by atoms with E-state index in [9.17, 15) is 4.79 Å². The molecule has 1 aromatic heterocycles. The standard InChI is InChI=1S/C22H29N3O2/c1-16(27-18-11-3-2-4-12-18)22(26)23-15-20-19-13-7-8-14-21(19)25(24-20)17-9-5-6-10-17/h2-4,11-12,16-17H,5-10,13-15H2,1H3,(H,23,26)/t16-/m1/s1. The second-order valence-corrected chi connectivity index (χ2v) is 7.75. The summed E-state index contributed by atoms with van der Waals surface area (Å²) in [4.78, 5) is 12.5. The predicted octanol–water partition coefficient (Wildman–Crippen LogP) is 3.96. The lowest BCUT2D eigenvalue weighted by Crippen LogP contribution is -2.36. The topological polar surface area (TPSA) is 56.1 Å². The number of fused-ring (bicyclic) bond motifs is 1. The number of nitrogens with one attached hydrogen (secondary N) is 1. The van der Waals surface area contributed by atoms with E-state index < -0.39 is 6.10 Å². The van der Waals surface area contributed by atoms with Crippen molar-refractivity contribution in [2.24, 2.45) is 0 Å². The smallest absolute Gasteiger partial charge is 0.261 e. The zero-order chi connectivity index (χ0) is 18.6. The maximum atomic E-state index is 12.5. The Balaban J connectivity index is 1.42. The summed E-state index contributed by atoms with van der Waals surface area (Å²) in [6, 6.07) is 10.0. The predicted molar refractivity (Wildman–Crippen MR) is 105 cm³/mol. The Morgan fingerprint density at radius 1 is 1.19 bits per heavy atom. The van der Waals surface area contributed by atoms with Crippen LogP contribution in [0.3, 0.4) is 0 Å². The SMILES string of the molecule is C[C@@H](Oc1ccccc1)C(=O)NCc1nn(C2CCCC2)c2c1CCCC2. The summed E-state index contributed by atoms with van der Waals surface area (Å²) in [6.45, 7) is 2.28. The molecule has 2 aliphatic rings. The van der Waals surface area contributed by atoms with Crippen molar-refractivity contribution in [2.45, 2.75) is 77.0 Å². The lowest BCUT2D eigenvalue weighted by molar-refractivity contribution is -0.127. The normalized spacial score (nSPS) is 18.1. The number of carbonyl (C=O) groups excluding carboxylic acids is 1. The Hall–Kier alpha value is -2.30. The van der Waals surface area contributed by atoms with Gasteiger partial charge in [-0.3, -0.25) is 9.48 Å². The highest BCUT2D eigenvalue weighted by molar-refractivity contribution is 5.80. The number of benzene rings is 1. The van der Waals surface area contributed by atoms with Gasteiger partial charge in [-0.25, -0.2) is 0 Å². The minimum Gasteiger partial charge on any atom is -0.481 e. The fourth-order valence-corrected chi connectivity index (χ4v) is 4.37. The number of hydrogen-bond acceptors (Lipinski definition) is 3. The van der Waals surface area contributed by atoms with Crippen LogP contribution in [0.15, 0.2) is 30.3 Å². The van der Waals surface area contributed by atoms with Gasteiger partial charge in [0.2, 0.25) is 0 Å². The van der Waals surface area contributed by atoms with E-state index in [1.807, 2.05) is 30.3 Å². The molecule has 0 spiro atoms. The molecule has 1 heterocycles. The molecule has 1 atom stereocenters. The van der Waals surface area contributed by atoms with Crippen molar-refractivity contribution in [1.29, 1.82) is 0 Å². The number of carbonyl (C=O) groups is 1. The molecule has 27 heavy (non-hydrogen) atoms. The average molecular weight is 367 g/mol. The van der Waals surface area contributed by atoms with Crippen LogP contribution in [-0.4, -0.2) is 21.8 Å². The Kier molecular flexibility index (Phi) is 5.46. The van der Waals surface area contributed by atoms with E-state index in [4.69, 9.17) is 9.84 Å². The quantitative estimate of drug-likeness (QED) is 0.841. The zero-order valence-corrected chi connectivity index (χ0v) is 16.1. The molecule has 0 saturated heterocycles. The largest absolute Gasteiger partial charge is 0.481 e. The molecule has 4 rings (SSSR count). The van der Waals surface area contributed by atoms with Crippen LogP contribution < -0.4 is 10.1 Å². The number of rotatable bonds is 6. The summed E-state index contributed by atoms with van der Waals surface area (Å²) in [5, 5.41) is 7.98. The molecule has 2 aromatic rings. The van der Waals surface area contributed by atoms with E-state index in [1.165, 1.54) is 49.8 Å². The van der Waals surface area contributed by atoms with Crippen LogP contribution in [0.5, 0.6) is 5.75 Å². The van der Waals surface area contributed by atoms with Crippen molar-refractivity contribution in [2.75, 3.05) is 0 Å². The molecule has 0 unspecified atom stereocenters. The summed E-state index contributed by atoms with van der Waals surface area (Å²) in [5.41, 5.74) is 3.85. The molecule has 0 radical (unpaired) electrons. The monoisotopic (exact) mass is 367 g/mol. The summed E-state index contributed by atoms with van der Waals surface area (Å²) in [5.74, 6) is 0.613. The number of amides is 1. The molecule has 1 aromatic carbocycles. The second-order valence-electron chi connectivity index (χ2n) is 7.75. The van der Waals surface area contributed by atoms with Gasteiger partial charge in [0, 0.05) is 5.69 Å². The minimum atomic E-state index is -0.528. The maximum absolute atomic E-state index is 12.5. The Morgan fingerprint density at radius 3 is 2.70 bits per heavy atom. The van der Waals surface area contributed by atoms with Gasteiger partial charge in [-0.05, 0) is 63.1 Å². The van der Waals surface area contributed by atoms with Crippen LogP contribution >= 0.6 is 0 Å². The molecule has 1 N–H and O–H groups in total. The zero-order valence-electron chi connectivity index (χ0n) is 16.1. The van der Waals surface area contributed by atoms with Gasteiger partial charge in [0.15, 0.2) is 6.10 Å². The van der Waals surface area contributed by atoms with Crippen LogP contribution in [0.4, 0.5) is 0 Å². The van der Waals surface area contributed by atoms with Gasteiger partial charge < -0.3 is 10.1 Å². The first kappa shape index (κ1) is 18.1. The molecule has 5 nitrogen and oxygen atoms in total. The van der Waals surface area contributed by atoms with Gasteiger partial charge in [0.1, 0.15) is 5.75 Å². The van der Waals surface area contributed by atoms with E-state index in [0.717, 1.165) is 18.5 Å². The molecule has 0 aliphatic heterocycles. The van der Waals surface area contributed by atoms with Gasteiger partial charge in [-0.15, -0.1) is 0 Å². The molecule has 1 fully saturated rings. The summed E-state index contributed by atoms with van der Waals surface area (Å²) < 4.78 is 8.02. The summed E-state index contributed by atoms with van der Waals surface area (Å²) in [6.07, 6.45) is 9.24. The molecular formula is C22H29N3O2. The van der Waals surface area contributed by atoms with Crippen molar-refractivity contribution in [3.63, 3.8) is 0 Å². The van der Waals surface area contributed by atoms with Crippen LogP contribution in [0.25, 0.3) is 0 Å². The van der Waals surface area contributed by atoms with E-state index in [2.05, 4.69) is 10.00 Å². The number of nitrogens with zero attached hydrogens (tertiary/aromatic N) is 2. The highest BCUT2D eigenvalue weighted by Crippen LogP contribution is 2.34. The van der Waals surface area contributed by atoms with Gasteiger partial charge in [-0.1, -0.05) is 31.0 Å². The fourth-order valence-electron chi connectivity index (χ4n) is 4.37. The lowest BCUT2D eigenvalue weighted by atomic mass is 9.95. The van der Waals surface area contributed by atoms with E-state index >= 15 is 0 Å². The summed E-state index contributed by atoms with van der Waals surface area (Å²) >= 11 is 0. The van der Waals surface area contributed by atoms with E-state index in [0.29, 0.717) is 18.3 Å².